The van der Waals surface area contributed by atoms with Gasteiger partial charge in [-0.3, -0.25) is 9.78 Å². The van der Waals surface area contributed by atoms with Gasteiger partial charge in [0.25, 0.3) is 5.91 Å². The summed E-state index contributed by atoms with van der Waals surface area (Å²) >= 11 is 0. The predicted octanol–water partition coefficient (Wildman–Crippen LogP) is 1.39. The van der Waals surface area contributed by atoms with Gasteiger partial charge in [0.15, 0.2) is 0 Å². The molecule has 0 saturated carbocycles. The Kier molecular flexibility index (Phi) is 3.52. The van der Waals surface area contributed by atoms with Crippen LogP contribution in [0.2, 0.25) is 0 Å². The monoisotopic (exact) mass is 232 g/mol. The summed E-state index contributed by atoms with van der Waals surface area (Å²) in [4.78, 5) is 24.3. The quantitative estimate of drug-likeness (QED) is 0.438. The van der Waals surface area contributed by atoms with Gasteiger partial charge in [-0.25, -0.2) is 4.98 Å². The molecule has 0 aliphatic carbocycles. The van der Waals surface area contributed by atoms with Crippen LogP contribution in [-0.4, -0.2) is 39.9 Å². The van der Waals surface area contributed by atoms with Crippen LogP contribution in [-0.2, 0) is 0 Å². The summed E-state index contributed by atoms with van der Waals surface area (Å²) in [5.41, 5.74) is 8.69. The van der Waals surface area contributed by atoms with E-state index in [9.17, 15) is 4.79 Å². The number of likely N-dealkylation sites (tertiary alicyclic amines) is 1. The molecule has 88 valence electrons. The van der Waals surface area contributed by atoms with E-state index in [0.29, 0.717) is 31.6 Å². The number of azide groups is 1. The highest BCUT2D eigenvalue weighted by Crippen LogP contribution is 2.15. The SMILES string of the molecule is [N-]=[N+]=NC1CCN(C(=O)c2cnccn2)CC1. The van der Waals surface area contributed by atoms with Crippen LogP contribution in [0.25, 0.3) is 10.4 Å². The number of aromatic nitrogens is 2. The molecule has 0 radical (unpaired) electrons. The van der Waals surface area contributed by atoms with E-state index in [-0.39, 0.29) is 11.9 Å². The fraction of sp³-hybridized carbons (Fsp3) is 0.500. The second kappa shape index (κ2) is 5.27. The van der Waals surface area contributed by atoms with E-state index in [2.05, 4.69) is 20.0 Å². The van der Waals surface area contributed by atoms with E-state index in [1.165, 1.54) is 18.6 Å². The average Bonchev–Trinajstić information content (AvgIpc) is 2.40. The molecule has 7 nitrogen and oxygen atoms in total. The first-order chi connectivity index (χ1) is 8.31. The predicted molar refractivity (Wildman–Crippen MR) is 60.1 cm³/mol. The molecule has 0 spiro atoms. The Morgan fingerprint density at radius 2 is 2.24 bits per heavy atom. The topological polar surface area (TPSA) is 94.9 Å². The minimum Gasteiger partial charge on any atom is -0.337 e. The van der Waals surface area contributed by atoms with Crippen molar-refractivity contribution in [1.82, 2.24) is 14.9 Å². The Bertz CT molecular complexity index is 433. The second-order valence-electron chi connectivity index (χ2n) is 3.82. The zero-order valence-electron chi connectivity index (χ0n) is 9.23. The summed E-state index contributed by atoms with van der Waals surface area (Å²) in [6, 6.07) is 0.00547. The molecule has 1 amide bonds. The molecule has 0 bridgehead atoms. The molecule has 1 aromatic heterocycles. The van der Waals surface area contributed by atoms with Crippen molar-refractivity contribution in [1.29, 1.82) is 0 Å². The van der Waals surface area contributed by atoms with Crippen molar-refractivity contribution in [3.63, 3.8) is 0 Å². The summed E-state index contributed by atoms with van der Waals surface area (Å²) in [6.07, 6.45) is 5.90. The van der Waals surface area contributed by atoms with Gasteiger partial charge in [0.1, 0.15) is 5.69 Å². The van der Waals surface area contributed by atoms with Gasteiger partial charge in [-0.2, -0.15) is 0 Å². The first kappa shape index (κ1) is 11.3. The molecular formula is C10H12N6O. The highest BCUT2D eigenvalue weighted by molar-refractivity contribution is 5.92. The van der Waals surface area contributed by atoms with Gasteiger partial charge < -0.3 is 4.90 Å². The molecule has 1 aliphatic heterocycles. The molecule has 7 heteroatoms. The normalized spacial score (nSPS) is 16.4. The summed E-state index contributed by atoms with van der Waals surface area (Å²) in [5, 5.41) is 3.66. The molecule has 2 rings (SSSR count). The average molecular weight is 232 g/mol. The van der Waals surface area contributed by atoms with E-state index >= 15 is 0 Å². The van der Waals surface area contributed by atoms with Gasteiger partial charge in [-0.05, 0) is 18.4 Å². The van der Waals surface area contributed by atoms with Gasteiger partial charge in [-0.15, -0.1) is 0 Å². The summed E-state index contributed by atoms with van der Waals surface area (Å²) in [7, 11) is 0. The lowest BCUT2D eigenvalue weighted by Gasteiger charge is -2.29. The van der Waals surface area contributed by atoms with Crippen LogP contribution in [0.3, 0.4) is 0 Å². The fourth-order valence-corrected chi connectivity index (χ4v) is 1.83. The van der Waals surface area contributed by atoms with Gasteiger partial charge in [0.05, 0.1) is 6.20 Å². The van der Waals surface area contributed by atoms with Crippen molar-refractivity contribution < 1.29 is 4.79 Å². The van der Waals surface area contributed by atoms with Crippen LogP contribution in [0.15, 0.2) is 23.7 Å². The molecule has 1 aliphatic rings. The number of rotatable bonds is 2. The van der Waals surface area contributed by atoms with Gasteiger partial charge >= 0.3 is 0 Å². The third-order valence-corrected chi connectivity index (χ3v) is 2.75. The number of amides is 1. The molecule has 0 unspecified atom stereocenters. The molecule has 1 aromatic rings. The maximum absolute atomic E-state index is 12.0. The van der Waals surface area contributed by atoms with Crippen LogP contribution in [0, 0.1) is 0 Å². The molecule has 1 fully saturated rings. The lowest BCUT2D eigenvalue weighted by molar-refractivity contribution is 0.0708. The van der Waals surface area contributed by atoms with Crippen molar-refractivity contribution in [2.75, 3.05) is 13.1 Å². The number of hydrogen-bond acceptors (Lipinski definition) is 4. The number of hydrogen-bond donors (Lipinski definition) is 0. The maximum Gasteiger partial charge on any atom is 0.274 e. The Hall–Kier alpha value is -2.14. The van der Waals surface area contributed by atoms with E-state index in [4.69, 9.17) is 5.53 Å². The van der Waals surface area contributed by atoms with Crippen LogP contribution >= 0.6 is 0 Å². The molecular weight excluding hydrogens is 220 g/mol. The number of carbonyl (C=O) groups is 1. The van der Waals surface area contributed by atoms with Crippen LogP contribution in [0.5, 0.6) is 0 Å². The van der Waals surface area contributed by atoms with Crippen molar-refractivity contribution in [2.45, 2.75) is 18.9 Å². The maximum atomic E-state index is 12.0. The Balaban J connectivity index is 1.97. The summed E-state index contributed by atoms with van der Waals surface area (Å²) in [6.45, 7) is 1.19. The van der Waals surface area contributed by atoms with Crippen LogP contribution < -0.4 is 0 Å². The molecule has 17 heavy (non-hydrogen) atoms. The number of carbonyl (C=O) groups excluding carboxylic acids is 1. The van der Waals surface area contributed by atoms with E-state index in [0.717, 1.165) is 0 Å². The standard InChI is InChI=1S/C10H12N6O/c11-15-14-8-1-5-16(6-2-8)10(17)9-7-12-3-4-13-9/h3-4,7-8H,1-2,5-6H2. The first-order valence-corrected chi connectivity index (χ1v) is 5.41. The Labute approximate surface area is 98.1 Å². The molecule has 0 N–H and O–H groups in total. The molecule has 2 heterocycles. The first-order valence-electron chi connectivity index (χ1n) is 5.41. The highest BCUT2D eigenvalue weighted by atomic mass is 16.2. The third kappa shape index (κ3) is 2.70. The summed E-state index contributed by atoms with van der Waals surface area (Å²) < 4.78 is 0. The van der Waals surface area contributed by atoms with E-state index < -0.39 is 0 Å². The third-order valence-electron chi connectivity index (χ3n) is 2.75. The minimum atomic E-state index is -0.113. The molecule has 1 saturated heterocycles. The van der Waals surface area contributed by atoms with Gasteiger partial charge in [0, 0.05) is 36.4 Å². The zero-order chi connectivity index (χ0) is 12.1. The van der Waals surface area contributed by atoms with Gasteiger partial charge in [0.2, 0.25) is 0 Å². The van der Waals surface area contributed by atoms with Crippen molar-refractivity contribution in [3.8, 4) is 0 Å². The van der Waals surface area contributed by atoms with Crippen LogP contribution in [0.4, 0.5) is 0 Å². The minimum absolute atomic E-state index is 0.00547. The Morgan fingerprint density at radius 3 is 2.82 bits per heavy atom. The number of nitrogens with zero attached hydrogens (tertiary/aromatic N) is 6. The second-order valence-corrected chi connectivity index (χ2v) is 3.82. The van der Waals surface area contributed by atoms with E-state index in [1.54, 1.807) is 4.90 Å². The molecule has 0 atom stereocenters. The van der Waals surface area contributed by atoms with E-state index in [1.807, 2.05) is 0 Å². The van der Waals surface area contributed by atoms with Crippen molar-refractivity contribution in [3.05, 3.63) is 34.7 Å². The lowest BCUT2D eigenvalue weighted by atomic mass is 10.1. The highest BCUT2D eigenvalue weighted by Gasteiger charge is 2.23. The number of piperidine rings is 1. The zero-order valence-corrected chi connectivity index (χ0v) is 9.23. The molecule has 0 aromatic carbocycles. The fourth-order valence-electron chi connectivity index (χ4n) is 1.83. The van der Waals surface area contributed by atoms with Crippen molar-refractivity contribution >= 4 is 5.91 Å². The Morgan fingerprint density at radius 1 is 1.47 bits per heavy atom. The van der Waals surface area contributed by atoms with Crippen LogP contribution in [0.1, 0.15) is 23.3 Å². The lowest BCUT2D eigenvalue weighted by Crippen LogP contribution is -2.39. The van der Waals surface area contributed by atoms with Crippen molar-refractivity contribution in [2.24, 2.45) is 5.11 Å². The smallest absolute Gasteiger partial charge is 0.274 e. The van der Waals surface area contributed by atoms with Gasteiger partial charge in [-0.1, -0.05) is 5.11 Å². The summed E-state index contributed by atoms with van der Waals surface area (Å²) in [5.74, 6) is -0.113. The largest absolute Gasteiger partial charge is 0.337 e.